The summed E-state index contributed by atoms with van der Waals surface area (Å²) in [5, 5.41) is 3.10. The number of para-hydroxylation sites is 2. The monoisotopic (exact) mass is 754 g/mol. The van der Waals surface area contributed by atoms with Crippen LogP contribution in [0.3, 0.4) is 0 Å². The third-order valence-electron chi connectivity index (χ3n) is 8.31. The summed E-state index contributed by atoms with van der Waals surface area (Å²) in [6.45, 7) is 10.8. The van der Waals surface area contributed by atoms with Crippen molar-refractivity contribution in [1.82, 2.24) is 0 Å². The van der Waals surface area contributed by atoms with E-state index in [1.807, 2.05) is 115 Å². The first kappa shape index (κ1) is 38.5. The Morgan fingerprint density at radius 1 is 0.491 bits per heavy atom. The molecule has 0 fully saturated rings. The summed E-state index contributed by atoms with van der Waals surface area (Å²) in [4.78, 5) is 27.5. The second kappa shape index (κ2) is 18.7. The lowest BCUT2D eigenvalue weighted by Crippen LogP contribution is -2.31. The summed E-state index contributed by atoms with van der Waals surface area (Å²) in [5.74, 6) is 1.37. The second-order valence-corrected chi connectivity index (χ2v) is 14.0. The van der Waals surface area contributed by atoms with Gasteiger partial charge in [0.2, 0.25) is 0 Å². The summed E-state index contributed by atoms with van der Waals surface area (Å²) in [7, 11) is 0. The van der Waals surface area contributed by atoms with E-state index in [4.69, 9.17) is 28.4 Å². The van der Waals surface area contributed by atoms with Gasteiger partial charge in [-0.3, -0.25) is 0 Å². The van der Waals surface area contributed by atoms with Crippen LogP contribution in [0.5, 0.6) is 23.0 Å². The first-order valence-corrected chi connectivity index (χ1v) is 18.6. The van der Waals surface area contributed by atoms with Gasteiger partial charge in [0, 0.05) is 42.5 Å². The van der Waals surface area contributed by atoms with Gasteiger partial charge in [-0.15, -0.1) is 0 Å². The van der Waals surface area contributed by atoms with Crippen molar-refractivity contribution in [1.29, 1.82) is 0 Å². The molecule has 0 heterocycles. The van der Waals surface area contributed by atoms with Gasteiger partial charge in [-0.1, -0.05) is 104 Å². The highest BCUT2D eigenvalue weighted by atomic mass is 32.2. The largest absolute Gasteiger partial charge is 0.490 e. The number of esters is 2. The molecule has 0 radical (unpaired) electrons. The molecule has 8 nitrogen and oxygen atoms in total. The van der Waals surface area contributed by atoms with E-state index >= 15 is 0 Å². The van der Waals surface area contributed by atoms with Crippen LogP contribution in [0.4, 0.5) is 0 Å². The molecule has 0 N–H and O–H groups in total. The Hall–Kier alpha value is -6.19. The molecule has 2 unspecified atom stereocenters. The Bertz CT molecular complexity index is 2260. The predicted octanol–water partition coefficient (Wildman–Crippen LogP) is 10.0. The summed E-state index contributed by atoms with van der Waals surface area (Å²) in [6, 6.07) is 42.6. The molecule has 280 valence electrons. The molecule has 2 atom stereocenters. The van der Waals surface area contributed by atoms with E-state index in [0.717, 1.165) is 31.3 Å². The molecule has 0 bridgehead atoms. The van der Waals surface area contributed by atoms with Crippen molar-refractivity contribution in [3.05, 3.63) is 158 Å². The lowest BCUT2D eigenvalue weighted by Gasteiger charge is -2.23. The van der Waals surface area contributed by atoms with Crippen molar-refractivity contribution in [2.45, 2.75) is 35.8 Å². The van der Waals surface area contributed by atoms with Crippen LogP contribution in [0.25, 0.3) is 21.5 Å². The maximum absolute atomic E-state index is 12.7. The molecule has 6 aromatic carbocycles. The molecule has 0 aliphatic carbocycles. The molecule has 0 saturated heterocycles. The Kier molecular flexibility index (Phi) is 13.1. The van der Waals surface area contributed by atoms with Crippen molar-refractivity contribution >= 4 is 45.2 Å². The number of rotatable bonds is 18. The fraction of sp³-hybridized carbons (Fsp3) is 0.174. The van der Waals surface area contributed by atoms with Crippen molar-refractivity contribution in [3.8, 4) is 23.0 Å². The zero-order valence-electron chi connectivity index (χ0n) is 30.8. The highest BCUT2D eigenvalue weighted by Gasteiger charge is 2.23. The van der Waals surface area contributed by atoms with Crippen LogP contribution in [0.1, 0.15) is 13.8 Å². The molecule has 0 saturated carbocycles. The van der Waals surface area contributed by atoms with Gasteiger partial charge in [0.15, 0.2) is 12.2 Å². The van der Waals surface area contributed by atoms with Gasteiger partial charge < -0.3 is 28.4 Å². The standard InChI is InChI=1S/C46H42O8S/c1-31(2)45(47)53-35(27-49-33-16-8-5-9-17-33)29-51-43-39-22-14-15-23-40(39)44(42-26-38(24-25-41(42)43)55-37-20-12-7-13-21-37)52-30-36(54-46(48)32(3)4)28-50-34-18-10-6-11-19-34/h5-26,35-36H,1,3,27-30H2,2,4H3. The summed E-state index contributed by atoms with van der Waals surface area (Å²) in [6.07, 6.45) is -1.51. The smallest absolute Gasteiger partial charge is 0.333 e. The van der Waals surface area contributed by atoms with Crippen molar-refractivity contribution in [2.24, 2.45) is 0 Å². The maximum Gasteiger partial charge on any atom is 0.333 e. The summed E-state index contributed by atoms with van der Waals surface area (Å²) < 4.78 is 36.9. The Balaban J connectivity index is 1.37. The average Bonchev–Trinajstić information content (AvgIpc) is 3.20. The van der Waals surface area contributed by atoms with Gasteiger partial charge in [-0.2, -0.15) is 0 Å². The van der Waals surface area contributed by atoms with Gasteiger partial charge in [0.1, 0.15) is 49.4 Å². The van der Waals surface area contributed by atoms with Crippen LogP contribution in [-0.2, 0) is 19.1 Å². The van der Waals surface area contributed by atoms with Crippen molar-refractivity contribution in [3.63, 3.8) is 0 Å². The van der Waals surface area contributed by atoms with Gasteiger partial charge in [-0.25, -0.2) is 9.59 Å². The SMILES string of the molecule is C=C(C)C(=O)OC(COc1ccccc1)COc1c2ccccc2c(OCC(COc2ccccc2)OC(=O)C(=C)C)c2cc(Sc3ccccc3)ccc12. The van der Waals surface area contributed by atoms with E-state index in [1.54, 1.807) is 25.6 Å². The molecular weight excluding hydrogens is 713 g/mol. The third kappa shape index (κ3) is 10.5. The molecule has 9 heteroatoms. The minimum absolute atomic E-state index is 0.00141. The molecule has 0 aliphatic heterocycles. The zero-order chi connectivity index (χ0) is 38.6. The average molecular weight is 755 g/mol. The molecule has 6 rings (SSSR count). The number of ether oxygens (including phenoxy) is 6. The van der Waals surface area contributed by atoms with Crippen LogP contribution in [0, 0.1) is 0 Å². The number of hydrogen-bond donors (Lipinski definition) is 0. The van der Waals surface area contributed by atoms with Crippen LogP contribution in [-0.4, -0.2) is 50.6 Å². The highest BCUT2D eigenvalue weighted by Crippen LogP contribution is 2.45. The Morgan fingerprint density at radius 2 is 0.891 bits per heavy atom. The van der Waals surface area contributed by atoms with E-state index in [0.29, 0.717) is 23.0 Å². The first-order valence-electron chi connectivity index (χ1n) is 17.8. The van der Waals surface area contributed by atoms with Crippen LogP contribution < -0.4 is 18.9 Å². The lowest BCUT2D eigenvalue weighted by molar-refractivity contribution is -0.148. The van der Waals surface area contributed by atoms with E-state index < -0.39 is 24.1 Å². The predicted molar refractivity (Wildman–Crippen MR) is 216 cm³/mol. The van der Waals surface area contributed by atoms with Gasteiger partial charge >= 0.3 is 11.9 Å². The summed E-state index contributed by atoms with van der Waals surface area (Å²) >= 11 is 1.62. The number of carbonyl (C=O) groups is 2. The number of hydrogen-bond acceptors (Lipinski definition) is 9. The molecule has 0 spiro atoms. The van der Waals surface area contributed by atoms with Crippen LogP contribution in [0.15, 0.2) is 168 Å². The topological polar surface area (TPSA) is 89.5 Å². The lowest BCUT2D eigenvalue weighted by atomic mass is 10.0. The molecule has 0 aromatic heterocycles. The van der Waals surface area contributed by atoms with Crippen LogP contribution in [0.2, 0.25) is 0 Å². The third-order valence-corrected chi connectivity index (χ3v) is 9.30. The number of carbonyl (C=O) groups excluding carboxylic acids is 2. The molecule has 0 aliphatic rings. The maximum atomic E-state index is 12.7. The molecular formula is C46H42O8S. The van der Waals surface area contributed by atoms with E-state index in [-0.39, 0.29) is 37.6 Å². The van der Waals surface area contributed by atoms with E-state index in [1.165, 1.54) is 0 Å². The normalized spacial score (nSPS) is 12.0. The summed E-state index contributed by atoms with van der Waals surface area (Å²) in [5.41, 5.74) is 0.540. The van der Waals surface area contributed by atoms with Gasteiger partial charge in [0.25, 0.3) is 0 Å². The van der Waals surface area contributed by atoms with E-state index in [9.17, 15) is 9.59 Å². The van der Waals surface area contributed by atoms with Crippen molar-refractivity contribution < 1.29 is 38.0 Å². The first-order chi connectivity index (χ1) is 26.7. The minimum Gasteiger partial charge on any atom is -0.490 e. The zero-order valence-corrected chi connectivity index (χ0v) is 31.6. The fourth-order valence-corrected chi connectivity index (χ4v) is 6.46. The Morgan fingerprint density at radius 3 is 1.36 bits per heavy atom. The quantitative estimate of drug-likeness (QED) is 0.0483. The number of benzene rings is 6. The number of fused-ring (bicyclic) bond motifs is 2. The molecule has 0 amide bonds. The molecule has 55 heavy (non-hydrogen) atoms. The fourth-order valence-electron chi connectivity index (χ4n) is 5.58. The minimum atomic E-state index is -0.760. The second-order valence-electron chi connectivity index (χ2n) is 12.8. The molecule has 6 aromatic rings. The van der Waals surface area contributed by atoms with Crippen LogP contribution >= 0.6 is 11.8 Å². The van der Waals surface area contributed by atoms with Gasteiger partial charge in [0.05, 0.1) is 0 Å². The van der Waals surface area contributed by atoms with E-state index in [2.05, 4.69) is 31.4 Å². The highest BCUT2D eigenvalue weighted by molar-refractivity contribution is 7.99. The van der Waals surface area contributed by atoms with Crippen molar-refractivity contribution in [2.75, 3.05) is 26.4 Å². The van der Waals surface area contributed by atoms with Gasteiger partial charge in [-0.05, 0) is 68.4 Å². The Labute approximate surface area is 325 Å².